The Kier molecular flexibility index (Phi) is 13.9. The second-order valence-electron chi connectivity index (χ2n) is 13.2. The van der Waals surface area contributed by atoms with E-state index in [-0.39, 0.29) is 25.9 Å². The number of halogens is 1. The number of nitrogens with one attached hydrogen (secondary N) is 1. The Hall–Kier alpha value is -4.66. The zero-order valence-electron chi connectivity index (χ0n) is 30.0. The number of aliphatic hydroxyl groups excluding tert-OH is 1. The van der Waals surface area contributed by atoms with Crippen LogP contribution in [0.1, 0.15) is 66.0 Å². The molecule has 0 saturated carbocycles. The Morgan fingerprint density at radius 2 is 1.79 bits per heavy atom. The Labute approximate surface area is 310 Å². The third-order valence-corrected chi connectivity index (χ3v) is 9.67. The molecule has 4 aromatic rings. The number of hydrogen-bond acceptors (Lipinski definition) is 9. The molecular weight excluding hydrogens is 680 g/mol. The average Bonchev–Trinajstić information content (AvgIpc) is 3.56. The second kappa shape index (κ2) is 18.7. The van der Waals surface area contributed by atoms with Gasteiger partial charge in [0.2, 0.25) is 0 Å². The van der Waals surface area contributed by atoms with E-state index in [0.717, 1.165) is 66.0 Å². The lowest BCUT2D eigenvalue weighted by Gasteiger charge is -2.19. The predicted molar refractivity (Wildman–Crippen MR) is 201 cm³/mol. The summed E-state index contributed by atoms with van der Waals surface area (Å²) >= 11 is 6.77. The summed E-state index contributed by atoms with van der Waals surface area (Å²) in [6, 6.07) is 18.8. The summed E-state index contributed by atoms with van der Waals surface area (Å²) in [5.41, 5.74) is 7.11. The SMILES string of the molecule is CCCC(NCc1cc(Cl)c(OCc2cccc(-c3cccc(OCCCN4CCC(O)C4)c3C)c2C)cc1OCc1cncc(C#N)c1)C(=O)O. The molecule has 1 aromatic heterocycles. The molecular formula is C41H47ClN4O6. The van der Waals surface area contributed by atoms with E-state index in [1.54, 1.807) is 24.4 Å². The highest BCUT2D eigenvalue weighted by molar-refractivity contribution is 6.32. The molecule has 0 spiro atoms. The van der Waals surface area contributed by atoms with Gasteiger partial charge in [-0.25, -0.2) is 0 Å². The van der Waals surface area contributed by atoms with Gasteiger partial charge in [0.15, 0.2) is 0 Å². The van der Waals surface area contributed by atoms with Crippen molar-refractivity contribution in [3.63, 3.8) is 0 Å². The van der Waals surface area contributed by atoms with Gasteiger partial charge in [-0.2, -0.15) is 5.26 Å². The van der Waals surface area contributed by atoms with Gasteiger partial charge in [0, 0.05) is 55.8 Å². The van der Waals surface area contributed by atoms with Crippen LogP contribution in [-0.2, 0) is 24.6 Å². The van der Waals surface area contributed by atoms with Crippen molar-refractivity contribution >= 4 is 17.6 Å². The molecule has 5 rings (SSSR count). The highest BCUT2D eigenvalue weighted by Crippen LogP contribution is 2.36. The van der Waals surface area contributed by atoms with Crippen molar-refractivity contribution in [2.24, 2.45) is 0 Å². The number of likely N-dealkylation sites (tertiary alicyclic amines) is 1. The number of aliphatic hydroxyl groups is 1. The zero-order valence-corrected chi connectivity index (χ0v) is 30.8. The first kappa shape index (κ1) is 38.6. The molecule has 10 nitrogen and oxygen atoms in total. The molecule has 0 radical (unpaired) electrons. The number of ether oxygens (including phenoxy) is 3. The minimum atomic E-state index is -0.919. The summed E-state index contributed by atoms with van der Waals surface area (Å²) in [7, 11) is 0. The van der Waals surface area contributed by atoms with Crippen molar-refractivity contribution in [1.82, 2.24) is 15.2 Å². The maximum Gasteiger partial charge on any atom is 0.320 e. The van der Waals surface area contributed by atoms with Gasteiger partial charge in [0.25, 0.3) is 0 Å². The van der Waals surface area contributed by atoms with E-state index < -0.39 is 12.0 Å². The molecule has 1 aliphatic rings. The van der Waals surface area contributed by atoms with Crippen LogP contribution >= 0.6 is 11.6 Å². The molecule has 1 saturated heterocycles. The molecule has 2 unspecified atom stereocenters. The number of hydrogen-bond donors (Lipinski definition) is 3. The number of aliphatic carboxylic acids is 1. The fourth-order valence-corrected chi connectivity index (χ4v) is 6.66. The van der Waals surface area contributed by atoms with E-state index in [1.807, 2.05) is 31.2 Å². The largest absolute Gasteiger partial charge is 0.493 e. The number of rotatable bonds is 18. The van der Waals surface area contributed by atoms with E-state index in [0.29, 0.717) is 52.7 Å². The topological polar surface area (TPSA) is 137 Å². The number of nitrogens with zero attached hydrogens (tertiary/aromatic N) is 3. The minimum Gasteiger partial charge on any atom is -0.493 e. The lowest BCUT2D eigenvalue weighted by Crippen LogP contribution is -2.36. The first-order chi connectivity index (χ1) is 25.2. The van der Waals surface area contributed by atoms with Crippen LogP contribution in [0.5, 0.6) is 17.2 Å². The third kappa shape index (κ3) is 10.2. The number of pyridine rings is 1. The van der Waals surface area contributed by atoms with Crippen molar-refractivity contribution in [1.29, 1.82) is 5.26 Å². The van der Waals surface area contributed by atoms with Crippen molar-refractivity contribution in [3.05, 3.63) is 105 Å². The van der Waals surface area contributed by atoms with Crippen LogP contribution in [0.2, 0.25) is 5.02 Å². The monoisotopic (exact) mass is 726 g/mol. The summed E-state index contributed by atoms with van der Waals surface area (Å²) in [5, 5.41) is 32.2. The fraction of sp³-hybridized carbons (Fsp3) is 0.390. The maximum atomic E-state index is 11.8. The average molecular weight is 727 g/mol. The number of β-amino-alcohol motifs (C(OH)–C–C–N with tert-alkyl or cyclic N) is 1. The lowest BCUT2D eigenvalue weighted by molar-refractivity contribution is -0.139. The summed E-state index contributed by atoms with van der Waals surface area (Å²) < 4.78 is 18.8. The quantitative estimate of drug-likeness (QED) is 0.0901. The first-order valence-corrected chi connectivity index (χ1v) is 18.1. The molecule has 52 heavy (non-hydrogen) atoms. The summed E-state index contributed by atoms with van der Waals surface area (Å²) in [5.74, 6) is 0.837. The maximum absolute atomic E-state index is 11.8. The Balaban J connectivity index is 1.31. The van der Waals surface area contributed by atoms with Gasteiger partial charge >= 0.3 is 5.97 Å². The Morgan fingerprint density at radius 1 is 1.02 bits per heavy atom. The molecule has 11 heteroatoms. The molecule has 2 heterocycles. The highest BCUT2D eigenvalue weighted by atomic mass is 35.5. The summed E-state index contributed by atoms with van der Waals surface area (Å²) in [6.07, 6.45) is 5.83. The van der Waals surface area contributed by atoms with E-state index in [9.17, 15) is 20.3 Å². The number of aromatic nitrogens is 1. The van der Waals surface area contributed by atoms with Crippen LogP contribution in [0.15, 0.2) is 67.0 Å². The van der Waals surface area contributed by atoms with Crippen molar-refractivity contribution in [2.45, 2.75) is 78.4 Å². The van der Waals surface area contributed by atoms with Gasteiger partial charge in [0.05, 0.1) is 23.3 Å². The summed E-state index contributed by atoms with van der Waals surface area (Å²) in [6.45, 7) is 9.89. The van der Waals surface area contributed by atoms with Crippen LogP contribution in [-0.4, -0.2) is 64.5 Å². The van der Waals surface area contributed by atoms with E-state index in [2.05, 4.69) is 47.3 Å². The van der Waals surface area contributed by atoms with Crippen LogP contribution < -0.4 is 19.5 Å². The molecule has 274 valence electrons. The van der Waals surface area contributed by atoms with E-state index in [4.69, 9.17) is 25.8 Å². The number of benzene rings is 3. The normalized spacial score (nSPS) is 14.9. The van der Waals surface area contributed by atoms with Crippen molar-refractivity contribution in [3.8, 4) is 34.4 Å². The number of nitriles is 1. The van der Waals surface area contributed by atoms with Gasteiger partial charge in [-0.05, 0) is 79.1 Å². The molecule has 0 aliphatic carbocycles. The minimum absolute atomic E-state index is 0.139. The van der Waals surface area contributed by atoms with E-state index >= 15 is 0 Å². The zero-order chi connectivity index (χ0) is 37.0. The first-order valence-electron chi connectivity index (χ1n) is 17.8. The standard InChI is InChI=1S/C41H47ClN4O6/c1-4-8-37(41(48)49)45-23-32-18-36(42)40(19-39(32)51-25-30-17-29(20-43)21-44-22-30)52-26-31-9-5-10-34(27(31)2)35-11-6-12-38(28(35)3)50-16-7-14-46-15-13-33(47)24-46/h5-6,9-12,17-19,21-22,33,37,45,47H,4,7-8,13-16,23-26H2,1-3H3,(H,48,49). The van der Waals surface area contributed by atoms with Crippen LogP contribution in [0, 0.1) is 25.2 Å². The smallest absolute Gasteiger partial charge is 0.320 e. The third-order valence-electron chi connectivity index (χ3n) is 9.37. The molecule has 3 N–H and O–H groups in total. The van der Waals surface area contributed by atoms with E-state index in [1.165, 1.54) is 6.20 Å². The highest BCUT2D eigenvalue weighted by Gasteiger charge is 2.21. The predicted octanol–water partition coefficient (Wildman–Crippen LogP) is 7.23. The molecule has 0 bridgehead atoms. The van der Waals surface area contributed by atoms with Gasteiger partial charge in [-0.3, -0.25) is 9.78 Å². The van der Waals surface area contributed by atoms with Crippen LogP contribution in [0.4, 0.5) is 0 Å². The van der Waals surface area contributed by atoms with Gasteiger partial charge in [-0.1, -0.05) is 55.3 Å². The fourth-order valence-electron chi connectivity index (χ4n) is 6.42. The Morgan fingerprint density at radius 3 is 2.52 bits per heavy atom. The number of carboxylic acid groups (broad SMARTS) is 1. The number of carbonyl (C=O) groups is 1. The Bertz CT molecular complexity index is 1880. The second-order valence-corrected chi connectivity index (χ2v) is 13.6. The van der Waals surface area contributed by atoms with Crippen LogP contribution in [0.25, 0.3) is 11.1 Å². The van der Waals surface area contributed by atoms with Gasteiger partial charge in [-0.15, -0.1) is 0 Å². The summed E-state index contributed by atoms with van der Waals surface area (Å²) in [4.78, 5) is 18.2. The molecule has 1 aliphatic heterocycles. The lowest BCUT2D eigenvalue weighted by atomic mass is 9.93. The molecule has 0 amide bonds. The van der Waals surface area contributed by atoms with Crippen molar-refractivity contribution in [2.75, 3.05) is 26.2 Å². The van der Waals surface area contributed by atoms with Crippen LogP contribution in [0.3, 0.4) is 0 Å². The van der Waals surface area contributed by atoms with Crippen molar-refractivity contribution < 1.29 is 29.2 Å². The number of carboxylic acids is 1. The molecule has 2 atom stereocenters. The molecule has 1 fully saturated rings. The van der Waals surface area contributed by atoms with Gasteiger partial charge < -0.3 is 34.6 Å². The van der Waals surface area contributed by atoms with Gasteiger partial charge in [0.1, 0.15) is 42.6 Å². The molecule has 3 aromatic carbocycles.